The number of ketones is 1. The highest BCUT2D eigenvalue weighted by molar-refractivity contribution is 6.01. The third-order valence-corrected chi connectivity index (χ3v) is 6.67. The molecule has 26 heavy (non-hydrogen) atoms. The van der Waals surface area contributed by atoms with E-state index < -0.39 is 5.41 Å². The average Bonchev–Trinajstić information content (AvgIpc) is 2.97. The SMILES string of the molecule is C=C[C@@](C)(CCO)[C@@H](OCOC)C(=C)[C@]12CCC(=O)C1=C(C)[C@H](C)CC2. The van der Waals surface area contributed by atoms with Crippen molar-refractivity contribution in [3.63, 3.8) is 0 Å². The van der Waals surface area contributed by atoms with Gasteiger partial charge in [0.25, 0.3) is 0 Å². The van der Waals surface area contributed by atoms with Crippen molar-refractivity contribution >= 4 is 5.78 Å². The molecule has 4 heteroatoms. The standard InChI is InChI=1S/C22H34O4/c1-7-21(5,12-13-23)20(26-14-25-6)17(4)22-10-8-15(2)16(3)19(22)18(24)9-11-22/h7,15,20,23H,1,4,8-14H2,2-3,5-6H3/t15-,20+,21+,22+/m1/s1. The summed E-state index contributed by atoms with van der Waals surface area (Å²) in [5.74, 6) is 0.678. The van der Waals surface area contributed by atoms with Gasteiger partial charge in [-0.2, -0.15) is 0 Å². The highest BCUT2D eigenvalue weighted by Crippen LogP contribution is 2.57. The predicted molar refractivity (Wildman–Crippen MR) is 104 cm³/mol. The first-order chi connectivity index (χ1) is 12.3. The van der Waals surface area contributed by atoms with Crippen molar-refractivity contribution in [2.75, 3.05) is 20.5 Å². The van der Waals surface area contributed by atoms with E-state index >= 15 is 0 Å². The minimum absolute atomic E-state index is 0.0351. The van der Waals surface area contributed by atoms with E-state index in [9.17, 15) is 9.90 Å². The van der Waals surface area contributed by atoms with Crippen LogP contribution in [0.25, 0.3) is 0 Å². The van der Waals surface area contributed by atoms with Crippen molar-refractivity contribution in [3.05, 3.63) is 36.0 Å². The molecule has 0 aliphatic heterocycles. The number of fused-ring (bicyclic) bond motifs is 1. The monoisotopic (exact) mass is 362 g/mol. The number of ether oxygens (including phenoxy) is 2. The summed E-state index contributed by atoms with van der Waals surface area (Å²) < 4.78 is 11.2. The lowest BCUT2D eigenvalue weighted by atomic mass is 9.61. The van der Waals surface area contributed by atoms with Crippen molar-refractivity contribution in [1.29, 1.82) is 0 Å². The fourth-order valence-corrected chi connectivity index (χ4v) is 4.76. The number of carbonyl (C=O) groups excluding carboxylic acids is 1. The molecular weight excluding hydrogens is 328 g/mol. The van der Waals surface area contributed by atoms with Gasteiger partial charge in [-0.15, -0.1) is 6.58 Å². The molecule has 0 heterocycles. The van der Waals surface area contributed by atoms with Gasteiger partial charge in [0.05, 0.1) is 6.10 Å². The molecule has 0 aromatic carbocycles. The lowest BCUT2D eigenvalue weighted by Gasteiger charge is -2.46. The van der Waals surface area contributed by atoms with Gasteiger partial charge in [-0.25, -0.2) is 0 Å². The highest BCUT2D eigenvalue weighted by Gasteiger charge is 2.52. The Bertz CT molecular complexity index is 605. The number of allylic oxidation sites excluding steroid dienone is 2. The van der Waals surface area contributed by atoms with E-state index in [0.717, 1.165) is 30.4 Å². The molecule has 1 fully saturated rings. The molecule has 2 rings (SSSR count). The molecule has 0 radical (unpaired) electrons. The topological polar surface area (TPSA) is 55.8 Å². The number of aliphatic hydroxyl groups is 1. The zero-order valence-electron chi connectivity index (χ0n) is 16.8. The van der Waals surface area contributed by atoms with Crippen LogP contribution in [0, 0.1) is 16.7 Å². The van der Waals surface area contributed by atoms with Crippen LogP contribution in [0.5, 0.6) is 0 Å². The summed E-state index contributed by atoms with van der Waals surface area (Å²) in [5.41, 5.74) is 2.28. The van der Waals surface area contributed by atoms with Crippen LogP contribution in [-0.2, 0) is 14.3 Å². The van der Waals surface area contributed by atoms with E-state index in [1.165, 1.54) is 5.57 Å². The van der Waals surface area contributed by atoms with Crippen molar-refractivity contribution in [3.8, 4) is 0 Å². The van der Waals surface area contributed by atoms with E-state index in [1.807, 2.05) is 13.0 Å². The summed E-state index contributed by atoms with van der Waals surface area (Å²) in [6, 6.07) is 0. The first kappa shape index (κ1) is 21.1. The van der Waals surface area contributed by atoms with Gasteiger partial charge in [0, 0.05) is 36.5 Å². The maximum atomic E-state index is 12.7. The Hall–Kier alpha value is -1.23. The van der Waals surface area contributed by atoms with E-state index in [1.54, 1.807) is 7.11 Å². The second-order valence-corrected chi connectivity index (χ2v) is 8.17. The van der Waals surface area contributed by atoms with Crippen molar-refractivity contribution in [1.82, 2.24) is 0 Å². The zero-order chi connectivity index (χ0) is 19.5. The third kappa shape index (κ3) is 3.47. The van der Waals surface area contributed by atoms with Gasteiger partial charge in [-0.1, -0.05) is 32.1 Å². The molecule has 0 saturated heterocycles. The fourth-order valence-electron chi connectivity index (χ4n) is 4.76. The predicted octanol–water partition coefficient (Wildman–Crippen LogP) is 4.20. The maximum absolute atomic E-state index is 12.7. The lowest BCUT2D eigenvalue weighted by molar-refractivity contribution is -0.114. The Morgan fingerprint density at radius 1 is 1.50 bits per heavy atom. The summed E-state index contributed by atoms with van der Waals surface area (Å²) in [6.07, 6.45) is 5.32. The third-order valence-electron chi connectivity index (χ3n) is 6.67. The Balaban J connectivity index is 2.50. The van der Waals surface area contributed by atoms with Crippen LogP contribution in [0.15, 0.2) is 36.0 Å². The van der Waals surface area contributed by atoms with Crippen LogP contribution in [-0.4, -0.2) is 37.5 Å². The quantitative estimate of drug-likeness (QED) is 0.493. The number of hydrogen-bond acceptors (Lipinski definition) is 4. The van der Waals surface area contributed by atoms with Crippen molar-refractivity contribution in [2.24, 2.45) is 16.7 Å². The molecule has 1 N–H and O–H groups in total. The van der Waals surface area contributed by atoms with Gasteiger partial charge in [0.1, 0.15) is 6.79 Å². The zero-order valence-corrected chi connectivity index (χ0v) is 16.8. The molecule has 146 valence electrons. The lowest BCUT2D eigenvalue weighted by Crippen LogP contribution is -2.43. The van der Waals surface area contributed by atoms with Crippen LogP contribution in [0.2, 0.25) is 0 Å². The first-order valence-electron chi connectivity index (χ1n) is 9.56. The molecule has 0 aromatic rings. The van der Waals surface area contributed by atoms with Crippen LogP contribution in [0.1, 0.15) is 52.9 Å². The molecule has 0 aromatic heterocycles. The van der Waals surface area contributed by atoms with Gasteiger partial charge >= 0.3 is 0 Å². The average molecular weight is 363 g/mol. The highest BCUT2D eigenvalue weighted by atomic mass is 16.7. The number of hydrogen-bond donors (Lipinski definition) is 1. The smallest absolute Gasteiger partial charge is 0.159 e. The molecule has 4 atom stereocenters. The second kappa shape index (κ2) is 8.20. The van der Waals surface area contributed by atoms with Gasteiger partial charge in [0.15, 0.2) is 5.78 Å². The maximum Gasteiger partial charge on any atom is 0.159 e. The van der Waals surface area contributed by atoms with E-state index in [0.29, 0.717) is 18.8 Å². The molecule has 1 saturated carbocycles. The number of aliphatic hydroxyl groups excluding tert-OH is 1. The molecule has 2 aliphatic carbocycles. The van der Waals surface area contributed by atoms with Crippen molar-refractivity contribution in [2.45, 2.75) is 59.0 Å². The van der Waals surface area contributed by atoms with E-state index in [4.69, 9.17) is 9.47 Å². The minimum Gasteiger partial charge on any atom is -0.396 e. The van der Waals surface area contributed by atoms with Gasteiger partial charge in [0.2, 0.25) is 0 Å². The van der Waals surface area contributed by atoms with Crippen LogP contribution >= 0.6 is 0 Å². The molecule has 0 unspecified atom stereocenters. The fraction of sp³-hybridized carbons (Fsp3) is 0.682. The summed E-state index contributed by atoms with van der Waals surface area (Å²) in [7, 11) is 1.59. The largest absolute Gasteiger partial charge is 0.396 e. The van der Waals surface area contributed by atoms with Gasteiger partial charge in [-0.05, 0) is 44.1 Å². The Labute approximate surface area is 158 Å². The van der Waals surface area contributed by atoms with Crippen LogP contribution in [0.3, 0.4) is 0 Å². The summed E-state index contributed by atoms with van der Waals surface area (Å²) in [5, 5.41) is 9.58. The molecule has 0 amide bonds. The number of rotatable bonds is 9. The normalized spacial score (nSPS) is 29.3. The molecule has 0 spiro atoms. The molecule has 2 aliphatic rings. The molecule has 0 bridgehead atoms. The summed E-state index contributed by atoms with van der Waals surface area (Å²) >= 11 is 0. The first-order valence-corrected chi connectivity index (χ1v) is 9.56. The number of Topliss-reactive ketones (excluding diaryl/α,β-unsaturated/α-hetero) is 1. The number of carbonyl (C=O) groups is 1. The van der Waals surface area contributed by atoms with Gasteiger partial charge < -0.3 is 14.6 Å². The summed E-state index contributed by atoms with van der Waals surface area (Å²) in [4.78, 5) is 12.7. The summed E-state index contributed by atoms with van der Waals surface area (Å²) in [6.45, 7) is 14.9. The molecular formula is C22H34O4. The second-order valence-electron chi connectivity index (χ2n) is 8.17. The van der Waals surface area contributed by atoms with Crippen LogP contribution in [0.4, 0.5) is 0 Å². The Morgan fingerprint density at radius 2 is 2.19 bits per heavy atom. The van der Waals surface area contributed by atoms with Crippen molar-refractivity contribution < 1.29 is 19.4 Å². The molecule has 4 nitrogen and oxygen atoms in total. The Kier molecular flexibility index (Phi) is 6.65. The van der Waals surface area contributed by atoms with Gasteiger partial charge in [-0.3, -0.25) is 4.79 Å². The van der Waals surface area contributed by atoms with E-state index in [2.05, 4.69) is 27.0 Å². The van der Waals surface area contributed by atoms with E-state index in [-0.39, 0.29) is 30.7 Å². The number of methoxy groups -OCH3 is 1. The minimum atomic E-state index is -0.479. The van der Waals surface area contributed by atoms with Crippen LogP contribution < -0.4 is 0 Å². The Morgan fingerprint density at radius 3 is 2.77 bits per heavy atom.